The van der Waals surface area contributed by atoms with Crippen molar-refractivity contribution in [2.24, 2.45) is 0 Å². The third kappa shape index (κ3) is 6.75. The molecule has 0 heterocycles. The SMILES string of the molecule is COc1ccc(/C=C/C(=O)O[C@H](C)C(=O)Nc2ccc(Oc3ccccc3)cc2)cc1. The van der Waals surface area contributed by atoms with Gasteiger partial charge < -0.3 is 19.5 Å². The molecule has 0 aliphatic heterocycles. The summed E-state index contributed by atoms with van der Waals surface area (Å²) in [7, 11) is 1.58. The van der Waals surface area contributed by atoms with Gasteiger partial charge in [-0.05, 0) is 67.1 Å². The maximum Gasteiger partial charge on any atom is 0.331 e. The van der Waals surface area contributed by atoms with Crippen LogP contribution in [0.25, 0.3) is 6.08 Å². The number of ether oxygens (including phenoxy) is 3. The summed E-state index contributed by atoms with van der Waals surface area (Å²) >= 11 is 0. The van der Waals surface area contributed by atoms with E-state index in [0.717, 1.165) is 17.1 Å². The normalized spacial score (nSPS) is 11.5. The first-order valence-electron chi connectivity index (χ1n) is 9.70. The lowest BCUT2D eigenvalue weighted by atomic mass is 10.2. The summed E-state index contributed by atoms with van der Waals surface area (Å²) in [6.07, 6.45) is 1.94. The predicted octanol–water partition coefficient (Wildman–Crippen LogP) is 5.07. The zero-order valence-electron chi connectivity index (χ0n) is 17.3. The Morgan fingerprint density at radius 3 is 2.10 bits per heavy atom. The third-order valence-corrected chi connectivity index (χ3v) is 4.29. The van der Waals surface area contributed by atoms with Crippen molar-refractivity contribution in [2.75, 3.05) is 12.4 Å². The number of hydrogen-bond donors (Lipinski definition) is 1. The molecule has 0 saturated heterocycles. The van der Waals surface area contributed by atoms with Gasteiger partial charge in [-0.2, -0.15) is 0 Å². The second-order valence-corrected chi connectivity index (χ2v) is 6.61. The van der Waals surface area contributed by atoms with Gasteiger partial charge in [0.15, 0.2) is 6.10 Å². The van der Waals surface area contributed by atoms with Crippen LogP contribution in [0.1, 0.15) is 12.5 Å². The predicted molar refractivity (Wildman–Crippen MR) is 119 cm³/mol. The number of para-hydroxylation sites is 1. The van der Waals surface area contributed by atoms with Gasteiger partial charge >= 0.3 is 5.97 Å². The van der Waals surface area contributed by atoms with Crippen molar-refractivity contribution < 1.29 is 23.8 Å². The largest absolute Gasteiger partial charge is 0.497 e. The minimum Gasteiger partial charge on any atom is -0.497 e. The Kier molecular flexibility index (Phi) is 7.43. The molecule has 158 valence electrons. The Bertz CT molecular complexity index is 1030. The molecule has 3 rings (SSSR count). The quantitative estimate of drug-likeness (QED) is 0.409. The van der Waals surface area contributed by atoms with Crippen molar-refractivity contribution >= 4 is 23.6 Å². The summed E-state index contributed by atoms with van der Waals surface area (Å²) in [5.74, 6) is 1.06. The van der Waals surface area contributed by atoms with Crippen molar-refractivity contribution in [3.8, 4) is 17.2 Å². The molecule has 0 aliphatic rings. The number of carbonyl (C=O) groups excluding carboxylic acids is 2. The number of anilines is 1. The lowest BCUT2D eigenvalue weighted by Gasteiger charge is -2.13. The van der Waals surface area contributed by atoms with E-state index in [1.165, 1.54) is 13.0 Å². The molecule has 0 spiro atoms. The Morgan fingerprint density at radius 2 is 1.45 bits per heavy atom. The average Bonchev–Trinajstić information content (AvgIpc) is 2.80. The van der Waals surface area contributed by atoms with Gasteiger partial charge in [0.05, 0.1) is 7.11 Å². The van der Waals surface area contributed by atoms with Gasteiger partial charge in [-0.15, -0.1) is 0 Å². The zero-order valence-corrected chi connectivity index (χ0v) is 17.3. The van der Waals surface area contributed by atoms with Crippen LogP contribution in [0.3, 0.4) is 0 Å². The van der Waals surface area contributed by atoms with Gasteiger partial charge in [0.1, 0.15) is 17.2 Å². The highest BCUT2D eigenvalue weighted by atomic mass is 16.5. The molecule has 6 heteroatoms. The highest BCUT2D eigenvalue weighted by Gasteiger charge is 2.16. The van der Waals surface area contributed by atoms with Crippen LogP contribution in [0.15, 0.2) is 84.9 Å². The number of rotatable bonds is 8. The number of nitrogens with one attached hydrogen (secondary N) is 1. The van der Waals surface area contributed by atoms with E-state index in [1.54, 1.807) is 49.6 Å². The Labute approximate surface area is 181 Å². The van der Waals surface area contributed by atoms with E-state index in [9.17, 15) is 9.59 Å². The van der Waals surface area contributed by atoms with Gasteiger partial charge in [0, 0.05) is 11.8 Å². The number of esters is 1. The van der Waals surface area contributed by atoms with Crippen molar-refractivity contribution in [3.63, 3.8) is 0 Å². The van der Waals surface area contributed by atoms with Gasteiger partial charge in [-0.3, -0.25) is 4.79 Å². The van der Waals surface area contributed by atoms with E-state index in [2.05, 4.69) is 5.32 Å². The lowest BCUT2D eigenvalue weighted by Crippen LogP contribution is -2.29. The number of hydrogen-bond acceptors (Lipinski definition) is 5. The van der Waals surface area contributed by atoms with Crippen LogP contribution in [0, 0.1) is 0 Å². The van der Waals surface area contributed by atoms with Crippen LogP contribution in [-0.4, -0.2) is 25.1 Å². The summed E-state index contributed by atoms with van der Waals surface area (Å²) in [4.78, 5) is 24.3. The summed E-state index contributed by atoms with van der Waals surface area (Å²) in [6, 6.07) is 23.5. The van der Waals surface area contributed by atoms with Crippen LogP contribution in [0.4, 0.5) is 5.69 Å². The first-order valence-corrected chi connectivity index (χ1v) is 9.70. The number of methoxy groups -OCH3 is 1. The fraction of sp³-hybridized carbons (Fsp3) is 0.120. The Hall–Kier alpha value is -4.06. The average molecular weight is 417 g/mol. The van der Waals surface area contributed by atoms with E-state index in [4.69, 9.17) is 14.2 Å². The molecular weight excluding hydrogens is 394 g/mol. The topological polar surface area (TPSA) is 73.9 Å². The molecule has 3 aromatic rings. The van der Waals surface area contributed by atoms with Crippen molar-refractivity contribution in [1.29, 1.82) is 0 Å². The molecule has 1 atom stereocenters. The second kappa shape index (κ2) is 10.6. The van der Waals surface area contributed by atoms with Crippen LogP contribution in [0.2, 0.25) is 0 Å². The smallest absolute Gasteiger partial charge is 0.331 e. The minimum absolute atomic E-state index is 0.428. The molecular formula is C25H23NO5. The van der Waals surface area contributed by atoms with Gasteiger partial charge in [-0.25, -0.2) is 4.79 Å². The molecule has 6 nitrogen and oxygen atoms in total. The van der Waals surface area contributed by atoms with Crippen molar-refractivity contribution in [2.45, 2.75) is 13.0 Å². The Morgan fingerprint density at radius 1 is 0.839 bits per heavy atom. The van der Waals surface area contributed by atoms with Crippen LogP contribution in [-0.2, 0) is 14.3 Å². The first kappa shape index (κ1) is 21.6. The van der Waals surface area contributed by atoms with Crippen molar-refractivity contribution in [1.82, 2.24) is 0 Å². The fourth-order valence-electron chi connectivity index (χ4n) is 2.62. The van der Waals surface area contributed by atoms with Gasteiger partial charge in [0.2, 0.25) is 0 Å². The van der Waals surface area contributed by atoms with E-state index >= 15 is 0 Å². The molecule has 31 heavy (non-hydrogen) atoms. The number of amides is 1. The monoisotopic (exact) mass is 417 g/mol. The summed E-state index contributed by atoms with van der Waals surface area (Å²) in [6.45, 7) is 1.52. The fourth-order valence-corrected chi connectivity index (χ4v) is 2.62. The summed E-state index contributed by atoms with van der Waals surface area (Å²) in [5.41, 5.74) is 1.38. The van der Waals surface area contributed by atoms with Gasteiger partial charge in [0.25, 0.3) is 5.91 Å². The molecule has 0 aliphatic carbocycles. The standard InChI is InChI=1S/C25H23NO5/c1-18(30-24(27)17-10-19-8-13-21(29-2)14-9-19)25(28)26-20-11-15-23(16-12-20)31-22-6-4-3-5-7-22/h3-18H,1-2H3,(H,26,28)/b17-10+/t18-/m1/s1. The number of carbonyl (C=O) groups is 2. The summed E-state index contributed by atoms with van der Waals surface area (Å²) < 4.78 is 16.0. The zero-order chi connectivity index (χ0) is 22.1. The maximum atomic E-state index is 12.3. The molecule has 0 fully saturated rings. The van der Waals surface area contributed by atoms with E-state index in [1.807, 2.05) is 42.5 Å². The molecule has 3 aromatic carbocycles. The van der Waals surface area contributed by atoms with Crippen LogP contribution in [0.5, 0.6) is 17.2 Å². The molecule has 1 amide bonds. The van der Waals surface area contributed by atoms with E-state index in [-0.39, 0.29) is 0 Å². The molecule has 0 saturated carbocycles. The lowest BCUT2D eigenvalue weighted by molar-refractivity contribution is -0.148. The molecule has 0 aromatic heterocycles. The maximum absolute atomic E-state index is 12.3. The minimum atomic E-state index is -0.951. The van der Waals surface area contributed by atoms with Crippen LogP contribution >= 0.6 is 0 Å². The first-order chi connectivity index (χ1) is 15.0. The van der Waals surface area contributed by atoms with E-state index in [0.29, 0.717) is 11.4 Å². The molecule has 0 radical (unpaired) electrons. The van der Waals surface area contributed by atoms with E-state index < -0.39 is 18.0 Å². The molecule has 0 unspecified atom stereocenters. The van der Waals surface area contributed by atoms with Crippen LogP contribution < -0.4 is 14.8 Å². The molecule has 1 N–H and O–H groups in total. The molecule has 0 bridgehead atoms. The van der Waals surface area contributed by atoms with Gasteiger partial charge in [-0.1, -0.05) is 30.3 Å². The number of benzene rings is 3. The highest BCUT2D eigenvalue weighted by Crippen LogP contribution is 2.22. The third-order valence-electron chi connectivity index (χ3n) is 4.29. The summed E-state index contributed by atoms with van der Waals surface area (Å²) in [5, 5.41) is 2.71. The Balaban J connectivity index is 1.49. The highest BCUT2D eigenvalue weighted by molar-refractivity contribution is 5.96. The van der Waals surface area contributed by atoms with Crippen molar-refractivity contribution in [3.05, 3.63) is 90.5 Å². The second-order valence-electron chi connectivity index (χ2n) is 6.61.